The van der Waals surface area contributed by atoms with Crippen molar-refractivity contribution < 1.29 is 9.63 Å². The second kappa shape index (κ2) is 5.06. The Bertz CT molecular complexity index is 284. The Balaban J connectivity index is 2.46. The number of hydrogen-bond donors (Lipinski definition) is 1. The molecule has 0 heterocycles. The second-order valence-electron chi connectivity index (χ2n) is 2.44. The summed E-state index contributed by atoms with van der Waals surface area (Å²) in [5.41, 5.74) is 3.35. The Hall–Kier alpha value is -0.780. The average Bonchev–Trinajstić information content (AvgIpc) is 2.16. The van der Waals surface area contributed by atoms with Crippen LogP contribution in [0.25, 0.3) is 0 Å². The Morgan fingerprint density at radius 3 is 2.62 bits per heavy atom. The van der Waals surface area contributed by atoms with E-state index in [-0.39, 0.29) is 5.97 Å². The zero-order chi connectivity index (χ0) is 9.68. The van der Waals surface area contributed by atoms with E-state index in [1.54, 1.807) is 6.92 Å². The van der Waals surface area contributed by atoms with Crippen molar-refractivity contribution in [2.45, 2.75) is 13.3 Å². The number of rotatable bonds is 3. The van der Waals surface area contributed by atoms with Gasteiger partial charge >= 0.3 is 5.97 Å². The first-order valence-electron chi connectivity index (χ1n) is 3.93. The van der Waals surface area contributed by atoms with Gasteiger partial charge in [-0.1, -0.05) is 6.92 Å². The third kappa shape index (κ3) is 3.63. The SMILES string of the molecule is CCC(=O)ONc1ccc(I)cc1. The first-order chi connectivity index (χ1) is 6.22. The van der Waals surface area contributed by atoms with Gasteiger partial charge in [0.2, 0.25) is 0 Å². The van der Waals surface area contributed by atoms with Gasteiger partial charge in [-0.15, -0.1) is 0 Å². The first kappa shape index (κ1) is 10.3. The molecule has 1 rings (SSSR count). The first-order valence-corrected chi connectivity index (χ1v) is 5.01. The van der Waals surface area contributed by atoms with Crippen molar-refractivity contribution in [2.75, 3.05) is 5.48 Å². The van der Waals surface area contributed by atoms with Crippen molar-refractivity contribution in [1.82, 2.24) is 0 Å². The minimum Gasteiger partial charge on any atom is -0.343 e. The highest BCUT2D eigenvalue weighted by Gasteiger charge is 1.97. The van der Waals surface area contributed by atoms with Gasteiger partial charge in [0.25, 0.3) is 0 Å². The van der Waals surface area contributed by atoms with Crippen molar-refractivity contribution in [2.24, 2.45) is 0 Å². The molecule has 0 aliphatic rings. The van der Waals surface area contributed by atoms with Crippen LogP contribution in [0, 0.1) is 3.57 Å². The summed E-state index contributed by atoms with van der Waals surface area (Å²) in [7, 11) is 0. The Kier molecular flexibility index (Phi) is 4.01. The second-order valence-corrected chi connectivity index (χ2v) is 3.68. The summed E-state index contributed by atoms with van der Waals surface area (Å²) in [6.45, 7) is 1.75. The molecule has 0 spiro atoms. The van der Waals surface area contributed by atoms with Gasteiger partial charge in [-0.2, -0.15) is 0 Å². The van der Waals surface area contributed by atoms with Crippen LogP contribution in [-0.2, 0) is 9.63 Å². The molecule has 70 valence electrons. The number of anilines is 1. The van der Waals surface area contributed by atoms with Gasteiger partial charge in [-0.25, -0.2) is 10.3 Å². The molecule has 0 saturated carbocycles. The largest absolute Gasteiger partial charge is 0.343 e. The summed E-state index contributed by atoms with van der Waals surface area (Å²) in [5, 5.41) is 0. The van der Waals surface area contributed by atoms with Crippen LogP contribution in [0.5, 0.6) is 0 Å². The molecule has 0 bridgehead atoms. The minimum absolute atomic E-state index is 0.265. The monoisotopic (exact) mass is 291 g/mol. The normalized spacial score (nSPS) is 9.38. The van der Waals surface area contributed by atoms with Crippen LogP contribution in [0.2, 0.25) is 0 Å². The van der Waals surface area contributed by atoms with Crippen LogP contribution in [-0.4, -0.2) is 5.97 Å². The highest BCUT2D eigenvalue weighted by atomic mass is 127. The molecule has 0 atom stereocenters. The van der Waals surface area contributed by atoms with Gasteiger partial charge < -0.3 is 4.84 Å². The molecule has 0 radical (unpaired) electrons. The molecule has 4 heteroatoms. The van der Waals surface area contributed by atoms with Crippen LogP contribution in [0.1, 0.15) is 13.3 Å². The zero-order valence-electron chi connectivity index (χ0n) is 7.21. The van der Waals surface area contributed by atoms with E-state index in [0.717, 1.165) is 9.26 Å². The van der Waals surface area contributed by atoms with Crippen molar-refractivity contribution in [1.29, 1.82) is 0 Å². The molecular formula is C9H10INO2. The van der Waals surface area contributed by atoms with Crippen LogP contribution >= 0.6 is 22.6 Å². The summed E-state index contributed by atoms with van der Waals surface area (Å²) >= 11 is 2.21. The standard InChI is InChI=1S/C9H10INO2/c1-2-9(12)13-11-8-5-3-7(10)4-6-8/h3-6,11H,2H2,1H3. The lowest BCUT2D eigenvalue weighted by Gasteiger charge is -2.04. The van der Waals surface area contributed by atoms with E-state index < -0.39 is 0 Å². The van der Waals surface area contributed by atoms with E-state index >= 15 is 0 Å². The van der Waals surface area contributed by atoms with Gasteiger partial charge in [0, 0.05) is 9.99 Å². The highest BCUT2D eigenvalue weighted by molar-refractivity contribution is 14.1. The average molecular weight is 291 g/mol. The van der Waals surface area contributed by atoms with E-state index in [2.05, 4.69) is 28.1 Å². The molecule has 0 aromatic heterocycles. The molecule has 0 aliphatic carbocycles. The third-order valence-corrected chi connectivity index (χ3v) is 2.13. The maximum absolute atomic E-state index is 10.8. The van der Waals surface area contributed by atoms with E-state index in [4.69, 9.17) is 4.84 Å². The summed E-state index contributed by atoms with van der Waals surface area (Å²) in [6.07, 6.45) is 0.372. The number of hydrogen-bond acceptors (Lipinski definition) is 3. The van der Waals surface area contributed by atoms with Crippen molar-refractivity contribution >= 4 is 34.2 Å². The third-order valence-electron chi connectivity index (χ3n) is 1.42. The molecule has 0 unspecified atom stereocenters. The van der Waals surface area contributed by atoms with Crippen molar-refractivity contribution in [3.8, 4) is 0 Å². The van der Waals surface area contributed by atoms with Gasteiger partial charge in [-0.05, 0) is 46.9 Å². The fourth-order valence-corrected chi connectivity index (χ4v) is 1.07. The molecule has 13 heavy (non-hydrogen) atoms. The van der Waals surface area contributed by atoms with E-state index in [1.165, 1.54) is 0 Å². The minimum atomic E-state index is -0.265. The smallest absolute Gasteiger partial charge is 0.331 e. The lowest BCUT2D eigenvalue weighted by Crippen LogP contribution is -2.08. The van der Waals surface area contributed by atoms with E-state index in [9.17, 15) is 4.79 Å². The highest BCUT2D eigenvalue weighted by Crippen LogP contribution is 2.10. The lowest BCUT2D eigenvalue weighted by atomic mass is 10.3. The molecule has 0 fully saturated rings. The van der Waals surface area contributed by atoms with Crippen LogP contribution in [0.4, 0.5) is 5.69 Å². The molecule has 1 aromatic rings. The number of carbonyl (C=O) groups is 1. The lowest BCUT2D eigenvalue weighted by molar-refractivity contribution is -0.140. The molecule has 1 N–H and O–H groups in total. The number of carbonyl (C=O) groups excluding carboxylic acids is 1. The number of halogens is 1. The summed E-state index contributed by atoms with van der Waals surface area (Å²) in [5.74, 6) is -0.265. The zero-order valence-corrected chi connectivity index (χ0v) is 9.37. The van der Waals surface area contributed by atoms with Gasteiger partial charge in [-0.3, -0.25) is 0 Å². The Morgan fingerprint density at radius 1 is 1.46 bits per heavy atom. The quantitative estimate of drug-likeness (QED) is 0.687. The van der Waals surface area contributed by atoms with Gasteiger partial charge in [0.15, 0.2) is 0 Å². The number of nitrogens with one attached hydrogen (secondary N) is 1. The van der Waals surface area contributed by atoms with Crippen LogP contribution in [0.15, 0.2) is 24.3 Å². The maximum Gasteiger partial charge on any atom is 0.331 e. The summed E-state index contributed by atoms with van der Waals surface area (Å²) in [6, 6.07) is 7.57. The molecule has 3 nitrogen and oxygen atoms in total. The van der Waals surface area contributed by atoms with Gasteiger partial charge in [0.05, 0.1) is 5.69 Å². The van der Waals surface area contributed by atoms with E-state index in [0.29, 0.717) is 6.42 Å². The van der Waals surface area contributed by atoms with Crippen molar-refractivity contribution in [3.05, 3.63) is 27.8 Å². The Morgan fingerprint density at radius 2 is 2.08 bits per heavy atom. The van der Waals surface area contributed by atoms with Crippen LogP contribution in [0.3, 0.4) is 0 Å². The fourth-order valence-electron chi connectivity index (χ4n) is 0.706. The molecule has 0 saturated heterocycles. The molecule has 0 amide bonds. The predicted octanol–water partition coefficient (Wildman–Crippen LogP) is 2.57. The van der Waals surface area contributed by atoms with Gasteiger partial charge in [0.1, 0.15) is 0 Å². The van der Waals surface area contributed by atoms with Crippen molar-refractivity contribution in [3.63, 3.8) is 0 Å². The van der Waals surface area contributed by atoms with Crippen LogP contribution < -0.4 is 5.48 Å². The molecule has 0 aliphatic heterocycles. The van der Waals surface area contributed by atoms with E-state index in [1.807, 2.05) is 24.3 Å². The number of benzene rings is 1. The maximum atomic E-state index is 10.8. The Labute approximate surface area is 90.6 Å². The topological polar surface area (TPSA) is 38.3 Å². The summed E-state index contributed by atoms with van der Waals surface area (Å²) in [4.78, 5) is 15.5. The fraction of sp³-hybridized carbons (Fsp3) is 0.222. The molecule has 1 aromatic carbocycles. The predicted molar refractivity (Wildman–Crippen MR) is 59.2 cm³/mol. The summed E-state index contributed by atoms with van der Waals surface area (Å²) < 4.78 is 1.14. The molecular weight excluding hydrogens is 281 g/mol.